The molecule has 264 valence electrons. The fraction of sp³-hybridized carbons (Fsp3) is 0.156. The van der Waals surface area contributed by atoms with Gasteiger partial charge in [0.05, 0.1) is 0 Å². The molecule has 0 saturated carbocycles. The summed E-state index contributed by atoms with van der Waals surface area (Å²) >= 11 is 2.34. The largest absolute Gasteiger partial charge is 0.380 e. The number of alkyl halides is 6. The molecule has 0 nitrogen and oxygen atoms in total. The molecule has 0 unspecified atom stereocenters. The average Bonchev–Trinajstić information content (AvgIpc) is 3.81. The molecule has 1 aliphatic carbocycles. The predicted octanol–water partition coefficient (Wildman–Crippen LogP) is 14.7. The van der Waals surface area contributed by atoms with Crippen LogP contribution >= 0.6 is 22.7 Å². The number of aryl methyl sites for hydroxylation is 2. The molecule has 0 aliphatic heterocycles. The van der Waals surface area contributed by atoms with E-state index in [1.54, 1.807) is 13.8 Å². The Morgan fingerprint density at radius 3 is 1.11 bits per heavy atom. The van der Waals surface area contributed by atoms with Gasteiger partial charge < -0.3 is 0 Å². The van der Waals surface area contributed by atoms with E-state index in [0.717, 1.165) is 43.1 Å². The lowest BCUT2D eigenvalue weighted by Crippen LogP contribution is -2.48. The fourth-order valence-electron chi connectivity index (χ4n) is 7.71. The Morgan fingerprint density at radius 2 is 0.755 bits per heavy atom. The van der Waals surface area contributed by atoms with Crippen LogP contribution in [0.2, 0.25) is 0 Å². The topological polar surface area (TPSA) is 0 Å². The highest BCUT2D eigenvalue weighted by molar-refractivity contribution is 7.16. The zero-order chi connectivity index (χ0) is 36.9. The first kappa shape index (κ1) is 33.9. The maximum atomic E-state index is 16.2. The Morgan fingerprint density at radius 1 is 0.415 bits per heavy atom. The molecule has 0 amide bonds. The second kappa shape index (κ2) is 12.1. The van der Waals surface area contributed by atoms with Crippen LogP contribution in [-0.2, 0) is 12.8 Å². The van der Waals surface area contributed by atoms with Gasteiger partial charge in [0.1, 0.15) is 0 Å². The van der Waals surface area contributed by atoms with Crippen LogP contribution in [0.4, 0.5) is 26.3 Å². The van der Waals surface area contributed by atoms with Crippen LogP contribution in [0.3, 0.4) is 0 Å². The van der Waals surface area contributed by atoms with Crippen molar-refractivity contribution in [2.24, 2.45) is 0 Å². The minimum absolute atomic E-state index is 0.198. The molecular weight excluding hydrogens is 719 g/mol. The third-order valence-corrected chi connectivity index (χ3v) is 13.1. The highest BCUT2D eigenvalue weighted by Crippen LogP contribution is 2.66. The van der Waals surface area contributed by atoms with Crippen molar-refractivity contribution in [3.8, 4) is 20.9 Å². The maximum Gasteiger partial charge on any atom is 0.380 e. The van der Waals surface area contributed by atoms with Crippen LogP contribution in [-0.4, -0.2) is 17.8 Å². The summed E-state index contributed by atoms with van der Waals surface area (Å²) in [4.78, 5) is 1.76. The summed E-state index contributed by atoms with van der Waals surface area (Å²) < 4.78 is 95.8. The van der Waals surface area contributed by atoms with E-state index in [0.29, 0.717) is 30.6 Å². The number of hydrogen-bond acceptors (Lipinski definition) is 2. The van der Waals surface area contributed by atoms with Crippen LogP contribution < -0.4 is 0 Å². The molecule has 6 aromatic carbocycles. The predicted molar refractivity (Wildman–Crippen MR) is 210 cm³/mol. The van der Waals surface area contributed by atoms with Gasteiger partial charge in [-0.3, -0.25) is 0 Å². The Balaban J connectivity index is 1.22. The van der Waals surface area contributed by atoms with Crippen LogP contribution in [0.15, 0.2) is 121 Å². The first-order valence-electron chi connectivity index (χ1n) is 17.4. The smallest absolute Gasteiger partial charge is 0.194 e. The number of benzene rings is 6. The van der Waals surface area contributed by atoms with E-state index < -0.39 is 28.9 Å². The number of rotatable bonds is 6. The molecule has 0 radical (unpaired) electrons. The molecule has 8 aromatic rings. The lowest BCUT2D eigenvalue weighted by atomic mass is 9.93. The van der Waals surface area contributed by atoms with E-state index in [1.165, 1.54) is 34.8 Å². The molecule has 2 aromatic heterocycles. The van der Waals surface area contributed by atoms with Crippen LogP contribution in [0.25, 0.3) is 75.1 Å². The number of hydrogen-bond donors (Lipinski definition) is 0. The van der Waals surface area contributed by atoms with E-state index >= 15 is 26.3 Å². The summed E-state index contributed by atoms with van der Waals surface area (Å²) in [6.07, 6.45) is 0.396. The van der Waals surface area contributed by atoms with Crippen molar-refractivity contribution in [1.82, 2.24) is 0 Å². The first-order chi connectivity index (χ1) is 25.4. The fourth-order valence-corrected chi connectivity index (χ4v) is 9.91. The van der Waals surface area contributed by atoms with Gasteiger partial charge in [0, 0.05) is 30.7 Å². The van der Waals surface area contributed by atoms with Crippen molar-refractivity contribution in [2.75, 3.05) is 0 Å². The van der Waals surface area contributed by atoms with Gasteiger partial charge in [-0.05, 0) is 127 Å². The summed E-state index contributed by atoms with van der Waals surface area (Å²) in [7, 11) is 0. The summed E-state index contributed by atoms with van der Waals surface area (Å²) in [5, 5.41) is 7.99. The summed E-state index contributed by atoms with van der Waals surface area (Å²) in [6.45, 7) is 3.44. The molecule has 0 saturated heterocycles. The Kier molecular flexibility index (Phi) is 7.70. The summed E-state index contributed by atoms with van der Waals surface area (Å²) in [5.41, 5.74) is -1.70. The first-order valence-corrected chi connectivity index (χ1v) is 19.0. The summed E-state index contributed by atoms with van der Waals surface area (Å²) in [6, 6.07) is 38.2. The molecule has 8 heteroatoms. The SMILES string of the molecule is CCc1sc(-c2ccc3cc4ccccc4cc3c2)cc1C1=C(c2cc(-c3ccc4cc5ccccc5cc4c3)sc2CC)C(F)(F)C(F)(F)C1(F)F. The van der Waals surface area contributed by atoms with E-state index in [4.69, 9.17) is 0 Å². The van der Waals surface area contributed by atoms with Gasteiger partial charge in [-0.25, -0.2) is 0 Å². The monoisotopic (exact) mass is 748 g/mol. The molecule has 1 aliphatic rings. The van der Waals surface area contributed by atoms with Gasteiger partial charge in [-0.2, -0.15) is 26.3 Å². The Hall–Kier alpha value is -4.92. The molecule has 0 fully saturated rings. The lowest BCUT2D eigenvalue weighted by molar-refractivity contribution is -0.254. The van der Waals surface area contributed by atoms with Gasteiger partial charge in [0.2, 0.25) is 0 Å². The van der Waals surface area contributed by atoms with E-state index in [2.05, 4.69) is 12.1 Å². The van der Waals surface area contributed by atoms with Gasteiger partial charge in [-0.15, -0.1) is 22.7 Å². The zero-order valence-electron chi connectivity index (χ0n) is 28.5. The van der Waals surface area contributed by atoms with Crippen molar-refractivity contribution in [1.29, 1.82) is 0 Å². The molecule has 0 spiro atoms. The van der Waals surface area contributed by atoms with Gasteiger partial charge in [-0.1, -0.05) is 86.6 Å². The highest BCUT2D eigenvalue weighted by atomic mass is 32.1. The third-order valence-electron chi connectivity index (χ3n) is 10.4. The molecule has 9 rings (SSSR count). The number of thiophene rings is 2. The lowest BCUT2D eigenvalue weighted by Gasteiger charge is -2.25. The van der Waals surface area contributed by atoms with Gasteiger partial charge in [0.15, 0.2) is 0 Å². The molecule has 0 atom stereocenters. The van der Waals surface area contributed by atoms with E-state index in [9.17, 15) is 0 Å². The highest BCUT2D eigenvalue weighted by Gasteiger charge is 2.80. The van der Waals surface area contributed by atoms with E-state index in [1.807, 2.05) is 97.1 Å². The molecule has 2 heterocycles. The van der Waals surface area contributed by atoms with Gasteiger partial charge in [0.25, 0.3) is 0 Å². The molecule has 0 bridgehead atoms. The summed E-state index contributed by atoms with van der Waals surface area (Å²) in [5.74, 6) is -15.9. The molecule has 0 N–H and O–H groups in total. The quantitative estimate of drug-likeness (QED) is 0.117. The number of allylic oxidation sites excluding steroid dienone is 2. The maximum absolute atomic E-state index is 16.2. The van der Waals surface area contributed by atoms with E-state index in [-0.39, 0.29) is 24.0 Å². The van der Waals surface area contributed by atoms with Crippen LogP contribution in [0.5, 0.6) is 0 Å². The Bertz CT molecular complexity index is 2610. The van der Waals surface area contributed by atoms with Gasteiger partial charge >= 0.3 is 17.8 Å². The van der Waals surface area contributed by atoms with Crippen molar-refractivity contribution >= 4 is 76.9 Å². The Labute approximate surface area is 309 Å². The second-order valence-electron chi connectivity index (χ2n) is 13.6. The van der Waals surface area contributed by atoms with Crippen molar-refractivity contribution in [3.63, 3.8) is 0 Å². The van der Waals surface area contributed by atoms with Crippen LogP contribution in [0.1, 0.15) is 34.7 Å². The number of fused-ring (bicyclic) bond motifs is 4. The van der Waals surface area contributed by atoms with Crippen molar-refractivity contribution in [2.45, 2.75) is 44.5 Å². The normalized spacial score (nSPS) is 16.5. The third kappa shape index (κ3) is 5.09. The molecular formula is C45H30F6S2. The average molecular weight is 749 g/mol. The molecule has 53 heavy (non-hydrogen) atoms. The van der Waals surface area contributed by atoms with Crippen molar-refractivity contribution < 1.29 is 26.3 Å². The minimum atomic E-state index is -5.64. The minimum Gasteiger partial charge on any atom is -0.194 e. The standard InChI is InChI=1S/C45H30F6S2/c1-3-37-35(23-39(52-37)31-15-13-29-17-25-9-5-7-11-27(25)19-33(29)21-31)41-42(44(48,49)45(50,51)43(41,46)47)36-24-40(53-38(36)4-2)32-16-14-30-18-26-10-6-8-12-28(26)20-34(30)22-32/h5-24H,3-4H2,1-2H3. The second-order valence-corrected chi connectivity index (χ2v) is 15.9. The zero-order valence-corrected chi connectivity index (χ0v) is 30.2. The number of halogens is 6. The van der Waals surface area contributed by atoms with Crippen molar-refractivity contribution in [3.05, 3.63) is 142 Å². The van der Waals surface area contributed by atoms with Crippen LogP contribution in [0, 0.1) is 0 Å².